The quantitative estimate of drug-likeness (QED) is 0.857. The average molecular weight is 296 g/mol. The molecule has 0 bridgehead atoms. The predicted octanol–water partition coefficient (Wildman–Crippen LogP) is 3.88. The minimum Gasteiger partial charge on any atom is -0.308 e. The van der Waals surface area contributed by atoms with Crippen molar-refractivity contribution >= 4 is 0 Å². The van der Waals surface area contributed by atoms with Crippen molar-refractivity contribution < 1.29 is 8.78 Å². The molecule has 0 radical (unpaired) electrons. The normalized spacial score (nSPS) is 18.1. The van der Waals surface area contributed by atoms with Crippen LogP contribution in [0.3, 0.4) is 0 Å². The van der Waals surface area contributed by atoms with E-state index in [1.807, 2.05) is 0 Å². The smallest absolute Gasteiger partial charge is 0.163 e. The van der Waals surface area contributed by atoms with Crippen molar-refractivity contribution in [1.82, 2.24) is 10.2 Å². The minimum absolute atomic E-state index is 0.216. The molecule has 1 saturated heterocycles. The summed E-state index contributed by atoms with van der Waals surface area (Å²) in [6.07, 6.45) is 3.31. The third-order valence-corrected chi connectivity index (χ3v) is 4.52. The third-order valence-electron chi connectivity index (χ3n) is 4.52. The summed E-state index contributed by atoms with van der Waals surface area (Å²) in [5, 5.41) is 3.42. The molecular weight excluding hydrogens is 270 g/mol. The molecule has 21 heavy (non-hydrogen) atoms. The Morgan fingerprint density at radius 1 is 1.24 bits per heavy atom. The van der Waals surface area contributed by atoms with Gasteiger partial charge in [-0.2, -0.15) is 0 Å². The van der Waals surface area contributed by atoms with Crippen molar-refractivity contribution in [3.8, 4) is 0 Å². The first-order valence-corrected chi connectivity index (χ1v) is 7.90. The molecule has 0 saturated carbocycles. The molecule has 1 aliphatic heterocycles. The lowest BCUT2D eigenvalue weighted by Crippen LogP contribution is -2.52. The number of nitrogens with zero attached hydrogens (tertiary/aromatic N) is 1. The van der Waals surface area contributed by atoms with Crippen LogP contribution < -0.4 is 5.32 Å². The molecule has 1 atom stereocenters. The highest BCUT2D eigenvalue weighted by atomic mass is 19.2. The SMILES string of the molecule is CCCNC(c1cccc(F)c1F)C(C)(C)N1CCCC1. The van der Waals surface area contributed by atoms with E-state index >= 15 is 0 Å². The molecule has 2 nitrogen and oxygen atoms in total. The van der Waals surface area contributed by atoms with E-state index in [4.69, 9.17) is 0 Å². The fourth-order valence-electron chi connectivity index (χ4n) is 3.25. The standard InChI is InChI=1S/C17H26F2N2/c1-4-10-20-16(13-8-7-9-14(18)15(13)19)17(2,3)21-11-5-6-12-21/h7-9,16,20H,4-6,10-12H2,1-3H3. The summed E-state index contributed by atoms with van der Waals surface area (Å²) < 4.78 is 27.9. The van der Waals surface area contributed by atoms with Gasteiger partial charge in [-0.3, -0.25) is 4.90 Å². The molecule has 118 valence electrons. The topological polar surface area (TPSA) is 15.3 Å². The van der Waals surface area contributed by atoms with Crippen molar-refractivity contribution in [2.75, 3.05) is 19.6 Å². The van der Waals surface area contributed by atoms with Crippen LogP contribution >= 0.6 is 0 Å². The maximum Gasteiger partial charge on any atom is 0.163 e. The Morgan fingerprint density at radius 2 is 1.90 bits per heavy atom. The maximum absolute atomic E-state index is 14.3. The Balaban J connectivity index is 2.35. The molecular formula is C17H26F2N2. The van der Waals surface area contributed by atoms with Gasteiger partial charge in [0.15, 0.2) is 11.6 Å². The maximum atomic E-state index is 14.3. The summed E-state index contributed by atoms with van der Waals surface area (Å²) in [6, 6.07) is 4.25. The van der Waals surface area contributed by atoms with Gasteiger partial charge < -0.3 is 5.32 Å². The lowest BCUT2D eigenvalue weighted by Gasteiger charge is -2.43. The number of nitrogens with one attached hydrogen (secondary N) is 1. The van der Waals surface area contributed by atoms with E-state index < -0.39 is 11.6 Å². The number of benzene rings is 1. The molecule has 0 aromatic heterocycles. The predicted molar refractivity (Wildman–Crippen MR) is 82.3 cm³/mol. The molecule has 1 fully saturated rings. The molecule has 1 aromatic rings. The minimum atomic E-state index is -0.770. The van der Waals surface area contributed by atoms with E-state index in [9.17, 15) is 8.78 Å². The van der Waals surface area contributed by atoms with E-state index in [0.29, 0.717) is 5.56 Å². The van der Waals surface area contributed by atoms with Crippen molar-refractivity contribution in [3.05, 3.63) is 35.4 Å². The highest BCUT2D eigenvalue weighted by molar-refractivity contribution is 5.26. The van der Waals surface area contributed by atoms with Gasteiger partial charge in [0, 0.05) is 11.1 Å². The van der Waals surface area contributed by atoms with Crippen molar-refractivity contribution in [3.63, 3.8) is 0 Å². The van der Waals surface area contributed by atoms with Crippen LogP contribution in [0.25, 0.3) is 0 Å². The third kappa shape index (κ3) is 3.43. The zero-order valence-corrected chi connectivity index (χ0v) is 13.3. The van der Waals surface area contributed by atoms with Gasteiger partial charge in [0.1, 0.15) is 0 Å². The van der Waals surface area contributed by atoms with Gasteiger partial charge in [0.2, 0.25) is 0 Å². The fourth-order valence-corrected chi connectivity index (χ4v) is 3.25. The molecule has 1 heterocycles. The summed E-state index contributed by atoms with van der Waals surface area (Å²) in [4.78, 5) is 2.38. The Morgan fingerprint density at radius 3 is 2.52 bits per heavy atom. The second-order valence-corrected chi connectivity index (χ2v) is 6.38. The van der Waals surface area contributed by atoms with Gasteiger partial charge in [0.05, 0.1) is 6.04 Å². The highest BCUT2D eigenvalue weighted by Crippen LogP contribution is 2.35. The number of hydrogen-bond donors (Lipinski definition) is 1. The van der Waals surface area contributed by atoms with Crippen LogP contribution in [0.1, 0.15) is 51.6 Å². The summed E-state index contributed by atoms with van der Waals surface area (Å²) in [5.74, 6) is -1.49. The molecule has 0 aliphatic carbocycles. The largest absolute Gasteiger partial charge is 0.308 e. The Kier molecular flexibility index (Phi) is 5.33. The van der Waals surface area contributed by atoms with Crippen LogP contribution in [0.5, 0.6) is 0 Å². The van der Waals surface area contributed by atoms with E-state index in [1.165, 1.54) is 18.9 Å². The fraction of sp³-hybridized carbons (Fsp3) is 0.647. The number of hydrogen-bond acceptors (Lipinski definition) is 2. The first-order chi connectivity index (χ1) is 9.98. The van der Waals surface area contributed by atoms with Crippen molar-refractivity contribution in [2.45, 2.75) is 51.6 Å². The first kappa shape index (κ1) is 16.4. The Bertz CT molecular complexity index is 468. The summed E-state index contributed by atoms with van der Waals surface area (Å²) in [5.41, 5.74) is 0.181. The average Bonchev–Trinajstić information content (AvgIpc) is 2.98. The monoisotopic (exact) mass is 296 g/mol. The van der Waals surface area contributed by atoms with Gasteiger partial charge >= 0.3 is 0 Å². The van der Waals surface area contributed by atoms with E-state index in [2.05, 4.69) is 31.0 Å². The number of rotatable bonds is 6. The first-order valence-electron chi connectivity index (χ1n) is 7.90. The zero-order valence-electron chi connectivity index (χ0n) is 13.3. The lowest BCUT2D eigenvalue weighted by molar-refractivity contribution is 0.105. The molecule has 0 spiro atoms. The summed E-state index contributed by atoms with van der Waals surface area (Å²) >= 11 is 0. The van der Waals surface area contributed by atoms with E-state index in [-0.39, 0.29) is 11.6 Å². The zero-order chi connectivity index (χ0) is 15.5. The molecule has 1 aromatic carbocycles. The van der Waals surface area contributed by atoms with Crippen LogP contribution in [0.2, 0.25) is 0 Å². The molecule has 1 unspecified atom stereocenters. The van der Waals surface area contributed by atoms with Gasteiger partial charge in [-0.05, 0) is 58.8 Å². The van der Waals surface area contributed by atoms with Crippen LogP contribution in [0, 0.1) is 11.6 Å². The second-order valence-electron chi connectivity index (χ2n) is 6.38. The van der Waals surface area contributed by atoms with Gasteiger partial charge in [0.25, 0.3) is 0 Å². The van der Waals surface area contributed by atoms with Crippen LogP contribution in [0.4, 0.5) is 8.78 Å². The molecule has 0 amide bonds. The van der Waals surface area contributed by atoms with Gasteiger partial charge in [-0.25, -0.2) is 8.78 Å². The summed E-state index contributed by atoms with van der Waals surface area (Å²) in [7, 11) is 0. The Labute approximate surface area is 126 Å². The van der Waals surface area contributed by atoms with Crippen molar-refractivity contribution in [2.24, 2.45) is 0 Å². The number of likely N-dealkylation sites (tertiary alicyclic amines) is 1. The second kappa shape index (κ2) is 6.84. The Hall–Kier alpha value is -1.00. The van der Waals surface area contributed by atoms with E-state index in [0.717, 1.165) is 26.1 Å². The summed E-state index contributed by atoms with van der Waals surface area (Å²) in [6.45, 7) is 9.15. The molecule has 4 heteroatoms. The van der Waals surface area contributed by atoms with E-state index in [1.54, 1.807) is 12.1 Å². The van der Waals surface area contributed by atoms with Crippen molar-refractivity contribution in [1.29, 1.82) is 0 Å². The highest BCUT2D eigenvalue weighted by Gasteiger charge is 2.38. The lowest BCUT2D eigenvalue weighted by atomic mass is 9.86. The molecule has 2 rings (SSSR count). The van der Waals surface area contributed by atoms with Gasteiger partial charge in [-0.15, -0.1) is 0 Å². The van der Waals surface area contributed by atoms with Crippen LogP contribution in [-0.2, 0) is 0 Å². The number of halogens is 2. The molecule has 1 aliphatic rings. The molecule has 1 N–H and O–H groups in total. The van der Waals surface area contributed by atoms with Crippen LogP contribution in [-0.4, -0.2) is 30.1 Å². The van der Waals surface area contributed by atoms with Crippen LogP contribution in [0.15, 0.2) is 18.2 Å². The van der Waals surface area contributed by atoms with Gasteiger partial charge in [-0.1, -0.05) is 19.1 Å².